The first-order valence-corrected chi connectivity index (χ1v) is 5.29. The minimum absolute atomic E-state index is 0.0277. The van der Waals surface area contributed by atoms with E-state index in [1.165, 1.54) is 5.56 Å². The van der Waals surface area contributed by atoms with Crippen LogP contribution in [-0.2, 0) is 11.2 Å². The molecule has 0 aromatic heterocycles. The van der Waals surface area contributed by atoms with E-state index in [2.05, 4.69) is 11.4 Å². The molecule has 0 radical (unpaired) electrons. The minimum atomic E-state index is 0.0277. The number of hydrogen-bond acceptors (Lipinski definition) is 2. The number of aliphatic hydroxyl groups excluding tert-OH is 1. The maximum absolute atomic E-state index is 11.7. The van der Waals surface area contributed by atoms with Crippen LogP contribution in [0.2, 0.25) is 0 Å². The van der Waals surface area contributed by atoms with Crippen LogP contribution in [0.5, 0.6) is 0 Å². The predicted molar refractivity (Wildman–Crippen MR) is 57.6 cm³/mol. The van der Waals surface area contributed by atoms with Crippen LogP contribution in [0.1, 0.15) is 23.5 Å². The van der Waals surface area contributed by atoms with Crippen molar-refractivity contribution in [3.63, 3.8) is 0 Å². The lowest BCUT2D eigenvalue weighted by molar-refractivity contribution is -0.123. The Bertz CT molecular complexity index is 362. The van der Waals surface area contributed by atoms with Crippen molar-refractivity contribution in [1.29, 1.82) is 0 Å². The van der Waals surface area contributed by atoms with Crippen LogP contribution in [0.25, 0.3) is 0 Å². The van der Waals surface area contributed by atoms with Gasteiger partial charge in [-0.05, 0) is 24.0 Å². The lowest BCUT2D eigenvalue weighted by atomic mass is 9.77. The van der Waals surface area contributed by atoms with Gasteiger partial charge in [-0.25, -0.2) is 0 Å². The van der Waals surface area contributed by atoms with Crippen LogP contribution in [0.15, 0.2) is 24.3 Å². The molecule has 3 nitrogen and oxygen atoms in total. The monoisotopic (exact) mass is 205 g/mol. The molecule has 1 unspecified atom stereocenters. The summed E-state index contributed by atoms with van der Waals surface area (Å²) in [6, 6.07) is 8.03. The second-order valence-electron chi connectivity index (χ2n) is 3.82. The molecule has 2 N–H and O–H groups in total. The Morgan fingerprint density at radius 1 is 1.47 bits per heavy atom. The maximum Gasteiger partial charge on any atom is 0.227 e. The lowest BCUT2D eigenvalue weighted by Crippen LogP contribution is -2.36. The van der Waals surface area contributed by atoms with Gasteiger partial charge in [-0.15, -0.1) is 0 Å². The third-order valence-corrected chi connectivity index (χ3v) is 2.81. The number of rotatable bonds is 4. The van der Waals surface area contributed by atoms with Gasteiger partial charge < -0.3 is 10.4 Å². The van der Waals surface area contributed by atoms with Gasteiger partial charge in [-0.1, -0.05) is 24.3 Å². The Morgan fingerprint density at radius 2 is 2.27 bits per heavy atom. The second kappa shape index (κ2) is 4.45. The van der Waals surface area contributed by atoms with Crippen molar-refractivity contribution in [3.05, 3.63) is 35.4 Å². The smallest absolute Gasteiger partial charge is 0.227 e. The Balaban J connectivity index is 1.90. The zero-order valence-electron chi connectivity index (χ0n) is 8.57. The molecule has 15 heavy (non-hydrogen) atoms. The molecule has 1 aliphatic rings. The van der Waals surface area contributed by atoms with Gasteiger partial charge >= 0.3 is 0 Å². The second-order valence-corrected chi connectivity index (χ2v) is 3.82. The van der Waals surface area contributed by atoms with E-state index in [0.717, 1.165) is 12.0 Å². The first-order chi connectivity index (χ1) is 7.33. The van der Waals surface area contributed by atoms with Crippen LogP contribution in [0.4, 0.5) is 0 Å². The van der Waals surface area contributed by atoms with Gasteiger partial charge in [0.05, 0.1) is 5.92 Å². The number of carbonyl (C=O) groups is 1. The summed E-state index contributed by atoms with van der Waals surface area (Å²) in [6.45, 7) is 0.690. The number of carbonyl (C=O) groups excluding carboxylic acids is 1. The Kier molecular flexibility index (Phi) is 3.02. The number of amides is 1. The molecule has 1 aliphatic carbocycles. The largest absolute Gasteiger partial charge is 0.396 e. The SMILES string of the molecule is O=C(NCCCO)C1Cc2ccccc21. The van der Waals surface area contributed by atoms with Crippen molar-refractivity contribution in [3.8, 4) is 0 Å². The molecule has 2 rings (SSSR count). The molecule has 0 bridgehead atoms. The lowest BCUT2D eigenvalue weighted by Gasteiger charge is -2.28. The number of aliphatic hydroxyl groups is 1. The summed E-state index contributed by atoms with van der Waals surface area (Å²) in [5.41, 5.74) is 2.43. The van der Waals surface area contributed by atoms with Crippen molar-refractivity contribution in [2.45, 2.75) is 18.8 Å². The molecule has 1 amide bonds. The zero-order valence-corrected chi connectivity index (χ0v) is 8.57. The Morgan fingerprint density at radius 3 is 3.00 bits per heavy atom. The molecule has 0 saturated carbocycles. The summed E-state index contributed by atoms with van der Waals surface area (Å²) in [7, 11) is 0. The summed E-state index contributed by atoms with van der Waals surface area (Å²) in [4.78, 5) is 11.7. The van der Waals surface area contributed by atoms with E-state index in [1.807, 2.05) is 18.2 Å². The molecular formula is C12H15NO2. The maximum atomic E-state index is 11.7. The van der Waals surface area contributed by atoms with Crippen LogP contribution in [-0.4, -0.2) is 24.2 Å². The van der Waals surface area contributed by atoms with E-state index in [1.54, 1.807) is 0 Å². The first-order valence-electron chi connectivity index (χ1n) is 5.29. The number of hydrogen-bond donors (Lipinski definition) is 2. The van der Waals surface area contributed by atoms with E-state index in [-0.39, 0.29) is 18.4 Å². The number of benzene rings is 1. The molecule has 1 atom stereocenters. The average molecular weight is 205 g/mol. The van der Waals surface area contributed by atoms with Crippen molar-refractivity contribution in [2.75, 3.05) is 13.2 Å². The van der Waals surface area contributed by atoms with Gasteiger partial charge in [0.1, 0.15) is 0 Å². The van der Waals surface area contributed by atoms with Crippen molar-refractivity contribution >= 4 is 5.91 Å². The van der Waals surface area contributed by atoms with Gasteiger partial charge in [0, 0.05) is 13.2 Å². The summed E-state index contributed by atoms with van der Waals surface area (Å²) in [5.74, 6) is 0.113. The highest BCUT2D eigenvalue weighted by molar-refractivity contribution is 5.86. The molecule has 80 valence electrons. The number of nitrogens with one attached hydrogen (secondary N) is 1. The molecule has 0 saturated heterocycles. The molecule has 1 aromatic carbocycles. The normalized spacial score (nSPS) is 17.8. The van der Waals surface area contributed by atoms with Gasteiger partial charge in [-0.2, -0.15) is 0 Å². The van der Waals surface area contributed by atoms with E-state index < -0.39 is 0 Å². The highest BCUT2D eigenvalue weighted by atomic mass is 16.3. The van der Waals surface area contributed by atoms with Crippen molar-refractivity contribution in [1.82, 2.24) is 5.32 Å². The molecule has 1 aromatic rings. The Labute approximate surface area is 89.1 Å². The predicted octanol–water partition coefficient (Wildman–Crippen LogP) is 0.825. The van der Waals surface area contributed by atoms with E-state index in [0.29, 0.717) is 13.0 Å². The van der Waals surface area contributed by atoms with Crippen LogP contribution >= 0.6 is 0 Å². The van der Waals surface area contributed by atoms with Gasteiger partial charge in [0.25, 0.3) is 0 Å². The Hall–Kier alpha value is -1.35. The topological polar surface area (TPSA) is 49.3 Å². The van der Waals surface area contributed by atoms with E-state index in [9.17, 15) is 4.79 Å². The van der Waals surface area contributed by atoms with Crippen LogP contribution in [0, 0.1) is 0 Å². The fourth-order valence-corrected chi connectivity index (χ4v) is 1.91. The van der Waals surface area contributed by atoms with E-state index in [4.69, 9.17) is 5.11 Å². The molecule has 0 heterocycles. The standard InChI is InChI=1S/C12H15NO2/c14-7-3-6-13-12(15)11-8-9-4-1-2-5-10(9)11/h1-2,4-5,11,14H,3,6-8H2,(H,13,15). The van der Waals surface area contributed by atoms with Gasteiger partial charge in [0.2, 0.25) is 5.91 Å². The quantitative estimate of drug-likeness (QED) is 0.715. The van der Waals surface area contributed by atoms with Gasteiger partial charge in [0.15, 0.2) is 0 Å². The fraction of sp³-hybridized carbons (Fsp3) is 0.417. The first kappa shape index (κ1) is 10.2. The zero-order chi connectivity index (χ0) is 10.7. The molecule has 0 spiro atoms. The van der Waals surface area contributed by atoms with Gasteiger partial charge in [-0.3, -0.25) is 4.79 Å². The van der Waals surface area contributed by atoms with Crippen LogP contribution < -0.4 is 5.32 Å². The van der Waals surface area contributed by atoms with E-state index >= 15 is 0 Å². The highest BCUT2D eigenvalue weighted by Crippen LogP contribution is 2.34. The summed E-state index contributed by atoms with van der Waals surface area (Å²) >= 11 is 0. The number of fused-ring (bicyclic) bond motifs is 1. The average Bonchev–Trinajstić information content (AvgIpc) is 2.20. The summed E-state index contributed by atoms with van der Waals surface area (Å²) < 4.78 is 0. The van der Waals surface area contributed by atoms with Crippen molar-refractivity contribution < 1.29 is 9.90 Å². The molecular weight excluding hydrogens is 190 g/mol. The molecule has 0 fully saturated rings. The molecule has 0 aliphatic heterocycles. The fourth-order valence-electron chi connectivity index (χ4n) is 1.91. The highest BCUT2D eigenvalue weighted by Gasteiger charge is 2.31. The molecule has 3 heteroatoms. The summed E-state index contributed by atoms with van der Waals surface area (Å²) in [5, 5.41) is 11.4. The van der Waals surface area contributed by atoms with Crippen LogP contribution in [0.3, 0.4) is 0 Å². The summed E-state index contributed by atoms with van der Waals surface area (Å²) in [6.07, 6.45) is 1.47. The van der Waals surface area contributed by atoms with Crippen molar-refractivity contribution in [2.24, 2.45) is 0 Å². The third-order valence-electron chi connectivity index (χ3n) is 2.81. The third kappa shape index (κ3) is 2.02. The minimum Gasteiger partial charge on any atom is -0.396 e.